The lowest BCUT2D eigenvalue weighted by Gasteiger charge is -2.30. The van der Waals surface area contributed by atoms with Crippen LogP contribution in [-0.4, -0.2) is 17.4 Å². The molecule has 23 heavy (non-hydrogen) atoms. The van der Waals surface area contributed by atoms with E-state index < -0.39 is 0 Å². The van der Waals surface area contributed by atoms with Gasteiger partial charge in [-0.15, -0.1) is 0 Å². The van der Waals surface area contributed by atoms with Crippen LogP contribution >= 0.6 is 0 Å². The van der Waals surface area contributed by atoms with E-state index in [4.69, 9.17) is 0 Å². The molecule has 0 saturated carbocycles. The van der Waals surface area contributed by atoms with Crippen LogP contribution in [0.4, 0.5) is 0 Å². The van der Waals surface area contributed by atoms with Gasteiger partial charge in [-0.3, -0.25) is 4.79 Å². The summed E-state index contributed by atoms with van der Waals surface area (Å²) >= 11 is 0. The first-order valence-corrected chi connectivity index (χ1v) is 8.58. The first-order valence-electron chi connectivity index (χ1n) is 8.58. The second-order valence-corrected chi connectivity index (χ2v) is 5.95. The van der Waals surface area contributed by atoms with Crippen LogP contribution < -0.4 is 0 Å². The summed E-state index contributed by atoms with van der Waals surface area (Å²) < 4.78 is 0. The molecule has 0 heterocycles. The molecule has 122 valence electrons. The van der Waals surface area contributed by atoms with E-state index in [1.54, 1.807) is 0 Å². The average molecular weight is 309 g/mol. The van der Waals surface area contributed by atoms with Gasteiger partial charge in [-0.05, 0) is 36.5 Å². The fourth-order valence-corrected chi connectivity index (χ4v) is 2.84. The van der Waals surface area contributed by atoms with Crippen LogP contribution in [0.1, 0.15) is 49.9 Å². The summed E-state index contributed by atoms with van der Waals surface area (Å²) in [6.45, 7) is 6.98. The van der Waals surface area contributed by atoms with E-state index in [0.29, 0.717) is 6.42 Å². The Morgan fingerprint density at radius 3 is 2.17 bits per heavy atom. The molecule has 0 radical (unpaired) electrons. The summed E-state index contributed by atoms with van der Waals surface area (Å²) in [6.07, 6.45) is 2.48. The number of hydrogen-bond acceptors (Lipinski definition) is 1. The zero-order valence-corrected chi connectivity index (χ0v) is 14.5. The normalized spacial score (nSPS) is 12.0. The maximum atomic E-state index is 12.4. The maximum absolute atomic E-state index is 12.4. The lowest BCUT2D eigenvalue weighted by atomic mass is 10.0. The van der Waals surface area contributed by atoms with Crippen LogP contribution in [0.25, 0.3) is 0 Å². The molecule has 2 nitrogen and oxygen atoms in total. The Kier molecular flexibility index (Phi) is 6.40. The van der Waals surface area contributed by atoms with Crippen molar-refractivity contribution < 1.29 is 4.79 Å². The molecule has 0 aliphatic heterocycles. The van der Waals surface area contributed by atoms with Crippen molar-refractivity contribution in [3.05, 3.63) is 71.3 Å². The Bertz CT molecular complexity index is 603. The summed E-state index contributed by atoms with van der Waals surface area (Å²) in [5, 5.41) is 0. The quantitative estimate of drug-likeness (QED) is 0.720. The summed E-state index contributed by atoms with van der Waals surface area (Å²) in [4.78, 5) is 14.4. The van der Waals surface area contributed by atoms with E-state index in [1.165, 1.54) is 16.7 Å². The molecule has 1 atom stereocenters. The highest BCUT2D eigenvalue weighted by Gasteiger charge is 2.19. The number of amides is 1. The van der Waals surface area contributed by atoms with Crippen LogP contribution in [-0.2, 0) is 17.6 Å². The number of hydrogen-bond donors (Lipinski definition) is 0. The van der Waals surface area contributed by atoms with E-state index in [2.05, 4.69) is 50.2 Å². The molecular weight excluding hydrogens is 282 g/mol. The molecule has 0 spiro atoms. The zero-order valence-electron chi connectivity index (χ0n) is 14.5. The van der Waals surface area contributed by atoms with E-state index in [1.807, 2.05) is 30.0 Å². The molecule has 0 saturated heterocycles. The number of carbonyl (C=O) groups excluding carboxylic acids is 1. The maximum Gasteiger partial charge on any atom is 0.222 e. The Balaban J connectivity index is 2.11. The van der Waals surface area contributed by atoms with Gasteiger partial charge in [0.15, 0.2) is 0 Å². The van der Waals surface area contributed by atoms with Crippen molar-refractivity contribution in [3.63, 3.8) is 0 Å². The molecule has 0 N–H and O–H groups in total. The molecular formula is C21H27NO. The van der Waals surface area contributed by atoms with Crippen LogP contribution in [0.2, 0.25) is 0 Å². The lowest BCUT2D eigenvalue weighted by Crippen LogP contribution is -2.34. The van der Waals surface area contributed by atoms with Gasteiger partial charge in [0.1, 0.15) is 0 Å². The third-order valence-corrected chi connectivity index (χ3v) is 4.44. The number of carbonyl (C=O) groups is 1. The molecule has 0 bridgehead atoms. The summed E-state index contributed by atoms with van der Waals surface area (Å²) in [6, 6.07) is 19.1. The van der Waals surface area contributed by atoms with Gasteiger partial charge in [0.2, 0.25) is 5.91 Å². The first-order chi connectivity index (χ1) is 11.2. The predicted molar refractivity (Wildman–Crippen MR) is 96.4 cm³/mol. The SMILES string of the molecule is CCC(=O)N(CCc1ccccc1)C(C)c1ccc(CC)cc1. The molecule has 1 unspecified atom stereocenters. The van der Waals surface area contributed by atoms with Gasteiger partial charge in [0, 0.05) is 13.0 Å². The molecule has 0 aliphatic rings. The van der Waals surface area contributed by atoms with Crippen LogP contribution in [0, 0.1) is 0 Å². The predicted octanol–water partition coefficient (Wildman–Crippen LogP) is 4.79. The summed E-state index contributed by atoms with van der Waals surface area (Å²) in [7, 11) is 0. The number of rotatable bonds is 7. The fourth-order valence-electron chi connectivity index (χ4n) is 2.84. The van der Waals surface area contributed by atoms with Crippen molar-refractivity contribution in [2.45, 2.75) is 46.1 Å². The molecule has 2 heteroatoms. The van der Waals surface area contributed by atoms with Crippen molar-refractivity contribution in [3.8, 4) is 0 Å². The number of nitrogens with zero attached hydrogens (tertiary/aromatic N) is 1. The second kappa shape index (κ2) is 8.52. The minimum absolute atomic E-state index is 0.108. The van der Waals surface area contributed by atoms with Crippen LogP contribution in [0.15, 0.2) is 54.6 Å². The van der Waals surface area contributed by atoms with Gasteiger partial charge < -0.3 is 4.90 Å². The number of benzene rings is 2. The van der Waals surface area contributed by atoms with Crippen molar-refractivity contribution >= 4 is 5.91 Å². The third-order valence-electron chi connectivity index (χ3n) is 4.44. The minimum Gasteiger partial charge on any atom is -0.336 e. The Morgan fingerprint density at radius 2 is 1.61 bits per heavy atom. The topological polar surface area (TPSA) is 20.3 Å². The summed E-state index contributed by atoms with van der Waals surface area (Å²) in [5.74, 6) is 0.216. The highest BCUT2D eigenvalue weighted by molar-refractivity contribution is 5.76. The van der Waals surface area contributed by atoms with Gasteiger partial charge in [-0.25, -0.2) is 0 Å². The van der Waals surface area contributed by atoms with Gasteiger partial charge >= 0.3 is 0 Å². The standard InChI is InChI=1S/C21H27NO/c1-4-18-11-13-20(14-12-18)17(3)22(21(23)5-2)16-15-19-9-7-6-8-10-19/h6-14,17H,4-5,15-16H2,1-3H3. The smallest absolute Gasteiger partial charge is 0.222 e. The van der Waals surface area contributed by atoms with Crippen molar-refractivity contribution in [1.82, 2.24) is 4.90 Å². The van der Waals surface area contributed by atoms with Crippen molar-refractivity contribution in [1.29, 1.82) is 0 Å². The second-order valence-electron chi connectivity index (χ2n) is 5.95. The Hall–Kier alpha value is -2.09. The molecule has 1 amide bonds. The minimum atomic E-state index is 0.108. The van der Waals surface area contributed by atoms with Crippen LogP contribution in [0.5, 0.6) is 0 Å². The Labute approximate surface area is 140 Å². The molecule has 2 aromatic carbocycles. The van der Waals surface area contributed by atoms with Gasteiger partial charge in [-0.1, -0.05) is 68.4 Å². The zero-order chi connectivity index (χ0) is 16.7. The highest BCUT2D eigenvalue weighted by atomic mass is 16.2. The van der Waals surface area contributed by atoms with Gasteiger partial charge in [0.05, 0.1) is 6.04 Å². The molecule has 2 rings (SSSR count). The van der Waals surface area contributed by atoms with E-state index in [0.717, 1.165) is 19.4 Å². The molecule has 0 aromatic heterocycles. The van der Waals surface area contributed by atoms with Crippen molar-refractivity contribution in [2.75, 3.05) is 6.54 Å². The van der Waals surface area contributed by atoms with Gasteiger partial charge in [0.25, 0.3) is 0 Å². The number of aryl methyl sites for hydroxylation is 1. The fraction of sp³-hybridized carbons (Fsp3) is 0.381. The Morgan fingerprint density at radius 1 is 0.957 bits per heavy atom. The van der Waals surface area contributed by atoms with Crippen molar-refractivity contribution in [2.24, 2.45) is 0 Å². The third kappa shape index (κ3) is 4.69. The molecule has 0 aliphatic carbocycles. The van der Waals surface area contributed by atoms with Crippen LogP contribution in [0.3, 0.4) is 0 Å². The van der Waals surface area contributed by atoms with E-state index in [-0.39, 0.29) is 11.9 Å². The summed E-state index contributed by atoms with van der Waals surface area (Å²) in [5.41, 5.74) is 3.81. The molecule has 0 fully saturated rings. The van der Waals surface area contributed by atoms with E-state index in [9.17, 15) is 4.79 Å². The largest absolute Gasteiger partial charge is 0.336 e. The highest BCUT2D eigenvalue weighted by Crippen LogP contribution is 2.22. The first kappa shape index (κ1) is 17.3. The van der Waals surface area contributed by atoms with Gasteiger partial charge in [-0.2, -0.15) is 0 Å². The monoisotopic (exact) mass is 309 g/mol. The van der Waals surface area contributed by atoms with E-state index >= 15 is 0 Å². The molecule has 2 aromatic rings. The lowest BCUT2D eigenvalue weighted by molar-refractivity contribution is -0.133. The average Bonchev–Trinajstić information content (AvgIpc) is 2.62.